The molecule has 2 aromatic heterocycles. The standard InChI is InChI=1S/C16H16F2N4O/c17-16(18)5-6-21(8-11(16)9-23)15-14-7-19-10-22(14)13-4-2-1-3-12(13)20-15/h1-4,7,10-11,23H,5-6,8-9H2. The first kappa shape index (κ1) is 14.3. The van der Waals surface area contributed by atoms with Crippen molar-refractivity contribution in [3.05, 3.63) is 36.8 Å². The Morgan fingerprint density at radius 3 is 2.91 bits per heavy atom. The Labute approximate surface area is 131 Å². The zero-order valence-corrected chi connectivity index (χ0v) is 12.4. The lowest BCUT2D eigenvalue weighted by atomic mass is 9.94. The van der Waals surface area contributed by atoms with Gasteiger partial charge < -0.3 is 10.0 Å². The fourth-order valence-electron chi connectivity index (χ4n) is 3.18. The molecule has 1 saturated heterocycles. The van der Waals surface area contributed by atoms with Crippen molar-refractivity contribution in [2.24, 2.45) is 5.92 Å². The Morgan fingerprint density at radius 2 is 2.09 bits per heavy atom. The van der Waals surface area contributed by atoms with E-state index in [1.165, 1.54) is 0 Å². The Bertz CT molecular complexity index is 864. The molecular weight excluding hydrogens is 302 g/mol. The molecule has 0 aliphatic carbocycles. The Balaban J connectivity index is 1.83. The third-order valence-corrected chi connectivity index (χ3v) is 4.51. The normalized spacial score (nSPS) is 21.2. The highest BCUT2D eigenvalue weighted by molar-refractivity contribution is 5.84. The van der Waals surface area contributed by atoms with Gasteiger partial charge in [0.25, 0.3) is 5.92 Å². The lowest BCUT2D eigenvalue weighted by molar-refractivity contribution is -0.0880. The van der Waals surface area contributed by atoms with Crippen LogP contribution >= 0.6 is 0 Å². The zero-order valence-electron chi connectivity index (χ0n) is 12.4. The molecule has 1 aliphatic rings. The average Bonchev–Trinajstić information content (AvgIpc) is 3.04. The zero-order chi connectivity index (χ0) is 16.0. The van der Waals surface area contributed by atoms with E-state index in [2.05, 4.69) is 9.97 Å². The van der Waals surface area contributed by atoms with Crippen LogP contribution in [0.25, 0.3) is 16.6 Å². The third-order valence-electron chi connectivity index (χ3n) is 4.51. The molecule has 3 aromatic rings. The minimum absolute atomic E-state index is 0.0790. The molecule has 1 atom stereocenters. The summed E-state index contributed by atoms with van der Waals surface area (Å²) >= 11 is 0. The van der Waals surface area contributed by atoms with Crippen molar-refractivity contribution in [3.8, 4) is 0 Å². The Morgan fingerprint density at radius 1 is 1.26 bits per heavy atom. The van der Waals surface area contributed by atoms with E-state index in [9.17, 15) is 13.9 Å². The first-order valence-corrected chi connectivity index (χ1v) is 7.54. The number of benzene rings is 1. The van der Waals surface area contributed by atoms with E-state index in [4.69, 9.17) is 0 Å². The van der Waals surface area contributed by atoms with Gasteiger partial charge in [-0.3, -0.25) is 4.40 Å². The van der Waals surface area contributed by atoms with Crippen LogP contribution in [0.2, 0.25) is 0 Å². The van der Waals surface area contributed by atoms with Crippen LogP contribution in [-0.4, -0.2) is 45.1 Å². The fourth-order valence-corrected chi connectivity index (χ4v) is 3.18. The van der Waals surface area contributed by atoms with Crippen LogP contribution in [0.1, 0.15) is 6.42 Å². The molecule has 1 fully saturated rings. The smallest absolute Gasteiger partial charge is 0.256 e. The number of hydrogen-bond acceptors (Lipinski definition) is 4. The number of aliphatic hydroxyl groups excluding tert-OH is 1. The highest BCUT2D eigenvalue weighted by Crippen LogP contribution is 2.36. The summed E-state index contributed by atoms with van der Waals surface area (Å²) in [6.07, 6.45) is 3.10. The number of imidazole rings is 1. The molecule has 120 valence electrons. The van der Waals surface area contributed by atoms with Gasteiger partial charge in [-0.05, 0) is 12.1 Å². The van der Waals surface area contributed by atoms with Crippen molar-refractivity contribution < 1.29 is 13.9 Å². The molecule has 23 heavy (non-hydrogen) atoms. The van der Waals surface area contributed by atoms with Crippen LogP contribution in [0, 0.1) is 5.92 Å². The maximum Gasteiger partial charge on any atom is 0.256 e. The quantitative estimate of drug-likeness (QED) is 0.788. The number of halogens is 2. The number of anilines is 1. The summed E-state index contributed by atoms with van der Waals surface area (Å²) in [4.78, 5) is 10.6. The number of hydrogen-bond donors (Lipinski definition) is 1. The van der Waals surface area contributed by atoms with Gasteiger partial charge in [-0.2, -0.15) is 0 Å². The highest BCUT2D eigenvalue weighted by atomic mass is 19.3. The van der Waals surface area contributed by atoms with Gasteiger partial charge >= 0.3 is 0 Å². The summed E-state index contributed by atoms with van der Waals surface area (Å²) in [5, 5.41) is 9.29. The van der Waals surface area contributed by atoms with Gasteiger partial charge in [0, 0.05) is 19.5 Å². The number of nitrogens with zero attached hydrogens (tertiary/aromatic N) is 4. The van der Waals surface area contributed by atoms with Crippen molar-refractivity contribution in [3.63, 3.8) is 0 Å². The van der Waals surface area contributed by atoms with Gasteiger partial charge in [-0.1, -0.05) is 12.1 Å². The molecule has 0 radical (unpaired) electrons. The van der Waals surface area contributed by atoms with E-state index in [1.54, 1.807) is 12.5 Å². The van der Waals surface area contributed by atoms with Gasteiger partial charge in [0.15, 0.2) is 5.82 Å². The summed E-state index contributed by atoms with van der Waals surface area (Å²) in [6, 6.07) is 7.65. The monoisotopic (exact) mass is 318 g/mol. The van der Waals surface area contributed by atoms with Gasteiger partial charge in [0.2, 0.25) is 0 Å². The van der Waals surface area contributed by atoms with E-state index in [1.807, 2.05) is 33.6 Å². The van der Waals surface area contributed by atoms with Gasteiger partial charge in [0.1, 0.15) is 5.52 Å². The van der Waals surface area contributed by atoms with Crippen LogP contribution in [0.15, 0.2) is 36.8 Å². The Kier molecular flexibility index (Phi) is 3.19. The second-order valence-electron chi connectivity index (χ2n) is 5.91. The topological polar surface area (TPSA) is 53.7 Å². The van der Waals surface area contributed by atoms with E-state index >= 15 is 0 Å². The molecule has 0 amide bonds. The first-order valence-electron chi connectivity index (χ1n) is 7.54. The van der Waals surface area contributed by atoms with E-state index in [-0.39, 0.29) is 19.5 Å². The van der Waals surface area contributed by atoms with Crippen LogP contribution in [0.4, 0.5) is 14.6 Å². The van der Waals surface area contributed by atoms with Crippen LogP contribution in [0.3, 0.4) is 0 Å². The largest absolute Gasteiger partial charge is 0.396 e. The number of fused-ring (bicyclic) bond motifs is 3. The number of aliphatic hydroxyl groups is 1. The summed E-state index contributed by atoms with van der Waals surface area (Å²) < 4.78 is 29.6. The molecule has 0 spiro atoms. The lowest BCUT2D eigenvalue weighted by Crippen LogP contribution is -2.49. The number of aromatic nitrogens is 3. The van der Waals surface area contributed by atoms with Crippen LogP contribution in [-0.2, 0) is 0 Å². The van der Waals surface area contributed by atoms with Crippen molar-refractivity contribution in [1.82, 2.24) is 14.4 Å². The molecule has 5 nitrogen and oxygen atoms in total. The van der Waals surface area contributed by atoms with Crippen molar-refractivity contribution in [1.29, 1.82) is 0 Å². The van der Waals surface area contributed by atoms with E-state index in [0.29, 0.717) is 5.82 Å². The molecule has 3 heterocycles. The van der Waals surface area contributed by atoms with Crippen molar-refractivity contribution in [2.75, 3.05) is 24.6 Å². The van der Waals surface area contributed by atoms with Gasteiger partial charge in [-0.15, -0.1) is 0 Å². The molecule has 1 aromatic carbocycles. The summed E-state index contributed by atoms with van der Waals surface area (Å²) in [5.41, 5.74) is 2.49. The molecular formula is C16H16F2N4O. The molecule has 1 N–H and O–H groups in total. The number of piperidine rings is 1. The van der Waals surface area contributed by atoms with Crippen molar-refractivity contribution in [2.45, 2.75) is 12.3 Å². The maximum absolute atomic E-state index is 13.8. The second-order valence-corrected chi connectivity index (χ2v) is 5.91. The van der Waals surface area contributed by atoms with Crippen LogP contribution < -0.4 is 4.90 Å². The molecule has 4 rings (SSSR count). The molecule has 1 aliphatic heterocycles. The fraction of sp³-hybridized carbons (Fsp3) is 0.375. The first-order chi connectivity index (χ1) is 11.1. The Hall–Kier alpha value is -2.28. The van der Waals surface area contributed by atoms with E-state index in [0.717, 1.165) is 16.6 Å². The lowest BCUT2D eigenvalue weighted by Gasteiger charge is -2.38. The predicted molar refractivity (Wildman–Crippen MR) is 82.8 cm³/mol. The third kappa shape index (κ3) is 2.23. The highest BCUT2D eigenvalue weighted by Gasteiger charge is 2.44. The molecule has 1 unspecified atom stereocenters. The summed E-state index contributed by atoms with van der Waals surface area (Å²) in [7, 11) is 0. The molecule has 7 heteroatoms. The summed E-state index contributed by atoms with van der Waals surface area (Å²) in [5.74, 6) is -3.28. The minimum Gasteiger partial charge on any atom is -0.396 e. The average molecular weight is 318 g/mol. The van der Waals surface area contributed by atoms with E-state index < -0.39 is 18.4 Å². The SMILES string of the molecule is OCC1CN(c2nc3ccccc3n3cncc23)CCC1(F)F. The molecule has 0 bridgehead atoms. The minimum atomic E-state index is -2.83. The van der Waals surface area contributed by atoms with Gasteiger partial charge in [0.05, 0.1) is 36.1 Å². The van der Waals surface area contributed by atoms with Crippen molar-refractivity contribution >= 4 is 22.4 Å². The number of rotatable bonds is 2. The maximum atomic E-state index is 13.8. The second kappa shape index (κ2) is 5.13. The summed E-state index contributed by atoms with van der Waals surface area (Å²) in [6.45, 7) is -0.252. The number of para-hydroxylation sites is 2. The van der Waals surface area contributed by atoms with Gasteiger partial charge in [-0.25, -0.2) is 18.7 Å². The molecule has 0 saturated carbocycles. The predicted octanol–water partition coefficient (Wildman–Crippen LogP) is 2.34. The van der Waals surface area contributed by atoms with Crippen LogP contribution in [0.5, 0.6) is 0 Å². The number of alkyl halides is 2.